The Hall–Kier alpha value is -2.35. The second kappa shape index (κ2) is 7.58. The molecule has 0 radical (unpaired) electrons. The highest BCUT2D eigenvalue weighted by Gasteiger charge is 2.24. The molecule has 0 amide bonds. The van der Waals surface area contributed by atoms with Crippen LogP contribution in [0.3, 0.4) is 0 Å². The average Bonchev–Trinajstić information content (AvgIpc) is 3.33. The van der Waals surface area contributed by atoms with Gasteiger partial charge in [0.05, 0.1) is 33.3 Å². The van der Waals surface area contributed by atoms with Gasteiger partial charge in [0.2, 0.25) is 0 Å². The van der Waals surface area contributed by atoms with Crippen LogP contribution in [0.25, 0.3) is 21.6 Å². The van der Waals surface area contributed by atoms with Crippen LogP contribution in [0.15, 0.2) is 58.8 Å². The number of pyridine rings is 1. The minimum Gasteiger partial charge on any atom is -0.286 e. The number of benzene rings is 1. The normalized spacial score (nSPS) is 16.0. The molecule has 142 valence electrons. The molecule has 5 rings (SSSR count). The largest absolute Gasteiger partial charge is 0.308 e. The maximum Gasteiger partial charge on any atom is 0.308 e. The van der Waals surface area contributed by atoms with Gasteiger partial charge in [-0.15, -0.1) is 11.3 Å². The van der Waals surface area contributed by atoms with Crippen molar-refractivity contribution < 1.29 is 0 Å². The summed E-state index contributed by atoms with van der Waals surface area (Å²) < 4.78 is 3.12. The zero-order valence-electron chi connectivity index (χ0n) is 15.3. The first kappa shape index (κ1) is 17.7. The highest BCUT2D eigenvalue weighted by molar-refractivity contribution is 7.18. The molecule has 0 aliphatic carbocycles. The predicted molar refractivity (Wildman–Crippen MR) is 115 cm³/mol. The molecule has 1 aliphatic rings. The number of fused-ring (bicyclic) bond motifs is 1. The van der Waals surface area contributed by atoms with E-state index in [1.807, 2.05) is 45.5 Å². The molecule has 0 unspecified atom stereocenters. The molecule has 1 aliphatic heterocycles. The Labute approximate surface area is 170 Å². The minimum absolute atomic E-state index is 0.0777. The Balaban J connectivity index is 1.29. The zero-order valence-corrected chi connectivity index (χ0v) is 17.0. The Kier molecular flexibility index (Phi) is 4.80. The van der Waals surface area contributed by atoms with Crippen molar-refractivity contribution in [2.45, 2.75) is 25.4 Å². The highest BCUT2D eigenvalue weighted by Crippen LogP contribution is 2.34. The van der Waals surface area contributed by atoms with Crippen molar-refractivity contribution in [3.05, 3.63) is 68.7 Å². The van der Waals surface area contributed by atoms with Gasteiger partial charge in [-0.2, -0.15) is 0 Å². The maximum absolute atomic E-state index is 12.4. The average molecular weight is 409 g/mol. The fourth-order valence-electron chi connectivity index (χ4n) is 3.76. The van der Waals surface area contributed by atoms with Crippen LogP contribution in [0.4, 0.5) is 0 Å². The van der Waals surface area contributed by atoms with E-state index in [-0.39, 0.29) is 4.87 Å². The van der Waals surface area contributed by atoms with Crippen molar-refractivity contribution in [2.24, 2.45) is 0 Å². The molecule has 0 bridgehead atoms. The Bertz CT molecular complexity index is 1110. The lowest BCUT2D eigenvalue weighted by Gasteiger charge is -2.31. The third kappa shape index (κ3) is 3.41. The summed E-state index contributed by atoms with van der Waals surface area (Å²) in [6, 6.07) is 14.2. The topological polar surface area (TPSA) is 51.0 Å². The molecule has 5 nitrogen and oxygen atoms in total. The lowest BCUT2D eigenvalue weighted by atomic mass is 9.98. The van der Waals surface area contributed by atoms with E-state index in [4.69, 9.17) is 4.98 Å². The number of hydrogen-bond donors (Lipinski definition) is 0. The van der Waals surface area contributed by atoms with Crippen LogP contribution in [0.1, 0.15) is 23.8 Å². The minimum atomic E-state index is 0.0777. The number of likely N-dealkylation sites (tertiary alicyclic amines) is 1. The first-order valence-electron chi connectivity index (χ1n) is 9.45. The van der Waals surface area contributed by atoms with Gasteiger partial charge in [-0.3, -0.25) is 19.2 Å². The van der Waals surface area contributed by atoms with Gasteiger partial charge in [0.15, 0.2) is 0 Å². The summed E-state index contributed by atoms with van der Waals surface area (Å²) >= 11 is 3.07. The smallest absolute Gasteiger partial charge is 0.286 e. The monoisotopic (exact) mass is 408 g/mol. The number of para-hydroxylation sites is 1. The molecule has 7 heteroatoms. The summed E-state index contributed by atoms with van der Waals surface area (Å²) in [7, 11) is 0. The van der Waals surface area contributed by atoms with Gasteiger partial charge in [0.25, 0.3) is 0 Å². The third-order valence-electron chi connectivity index (χ3n) is 5.30. The molecule has 4 heterocycles. The number of hydrogen-bond acceptors (Lipinski definition) is 6. The summed E-state index contributed by atoms with van der Waals surface area (Å²) in [6.07, 6.45) is 3.93. The van der Waals surface area contributed by atoms with Crippen LogP contribution in [0, 0.1) is 0 Å². The molecule has 1 fully saturated rings. The zero-order chi connectivity index (χ0) is 18.9. The van der Waals surface area contributed by atoms with Gasteiger partial charge in [-0.1, -0.05) is 29.5 Å². The van der Waals surface area contributed by atoms with E-state index < -0.39 is 0 Å². The third-order valence-corrected chi connectivity index (χ3v) is 7.26. The van der Waals surface area contributed by atoms with Gasteiger partial charge >= 0.3 is 4.87 Å². The van der Waals surface area contributed by atoms with Gasteiger partial charge < -0.3 is 0 Å². The van der Waals surface area contributed by atoms with E-state index in [0.29, 0.717) is 12.6 Å². The molecule has 0 N–H and O–H groups in total. The van der Waals surface area contributed by atoms with Gasteiger partial charge in [0.1, 0.15) is 0 Å². The second-order valence-corrected chi connectivity index (χ2v) is 8.97. The number of rotatable bonds is 4. The van der Waals surface area contributed by atoms with E-state index in [0.717, 1.165) is 42.8 Å². The molecular weight excluding hydrogens is 388 g/mol. The summed E-state index contributed by atoms with van der Waals surface area (Å²) in [5.74, 6) is 0.517. The quantitative estimate of drug-likeness (QED) is 0.502. The van der Waals surface area contributed by atoms with Crippen LogP contribution in [-0.2, 0) is 6.67 Å². The summed E-state index contributed by atoms with van der Waals surface area (Å²) in [4.78, 5) is 24.1. The molecule has 4 aromatic rings. The second-order valence-electron chi connectivity index (χ2n) is 7.08. The first-order chi connectivity index (χ1) is 13.8. The fourth-order valence-corrected chi connectivity index (χ4v) is 5.64. The molecular formula is C21H20N4OS2. The molecule has 0 spiro atoms. The molecule has 0 saturated carbocycles. The van der Waals surface area contributed by atoms with E-state index >= 15 is 0 Å². The predicted octanol–water partition coefficient (Wildman–Crippen LogP) is 4.42. The summed E-state index contributed by atoms with van der Waals surface area (Å²) in [5, 5.41) is 3.17. The van der Waals surface area contributed by atoms with E-state index in [1.54, 1.807) is 6.20 Å². The lowest BCUT2D eigenvalue weighted by Crippen LogP contribution is -2.36. The van der Waals surface area contributed by atoms with Crippen LogP contribution >= 0.6 is 22.7 Å². The van der Waals surface area contributed by atoms with Gasteiger partial charge in [0, 0.05) is 30.6 Å². The highest BCUT2D eigenvalue weighted by atomic mass is 32.1. The van der Waals surface area contributed by atoms with Crippen molar-refractivity contribution in [3.8, 4) is 11.4 Å². The summed E-state index contributed by atoms with van der Waals surface area (Å²) in [6.45, 7) is 2.58. The van der Waals surface area contributed by atoms with Gasteiger partial charge in [-0.25, -0.2) is 4.98 Å². The van der Waals surface area contributed by atoms with Crippen LogP contribution < -0.4 is 4.87 Å². The molecule has 1 saturated heterocycles. The maximum atomic E-state index is 12.4. The van der Waals surface area contributed by atoms with E-state index in [1.165, 1.54) is 21.0 Å². The number of aromatic nitrogens is 3. The Morgan fingerprint density at radius 3 is 2.68 bits per heavy atom. The number of piperidine rings is 1. The number of thiazole rings is 2. The molecule has 1 aromatic carbocycles. The summed E-state index contributed by atoms with van der Waals surface area (Å²) in [5.41, 5.74) is 2.86. The number of nitrogens with zero attached hydrogens (tertiary/aromatic N) is 4. The standard InChI is InChI=1S/C21H20N4OS2/c26-21-25(18(13-27-21)16-5-3-4-10-22-16)14-24-11-8-15(9-12-24)20-23-17-6-1-2-7-19(17)28-20/h1-7,10,13,15H,8-9,11-12,14H2. The fraction of sp³-hybridized carbons (Fsp3) is 0.286. The SMILES string of the molecule is O=c1scc(-c2ccccn2)n1CN1CCC(c2nc3ccccc3s2)CC1. The van der Waals surface area contributed by atoms with Crippen molar-refractivity contribution in [2.75, 3.05) is 13.1 Å². The van der Waals surface area contributed by atoms with Crippen molar-refractivity contribution in [1.82, 2.24) is 19.4 Å². The van der Waals surface area contributed by atoms with Crippen LogP contribution in [-0.4, -0.2) is 32.5 Å². The van der Waals surface area contributed by atoms with Crippen molar-refractivity contribution in [1.29, 1.82) is 0 Å². The van der Waals surface area contributed by atoms with Crippen molar-refractivity contribution in [3.63, 3.8) is 0 Å². The first-order valence-corrected chi connectivity index (χ1v) is 11.1. The van der Waals surface area contributed by atoms with Crippen LogP contribution in [0.2, 0.25) is 0 Å². The van der Waals surface area contributed by atoms with Crippen LogP contribution in [0.5, 0.6) is 0 Å². The molecule has 3 aromatic heterocycles. The van der Waals surface area contributed by atoms with Gasteiger partial charge in [-0.05, 0) is 37.1 Å². The Morgan fingerprint density at radius 1 is 1.07 bits per heavy atom. The Morgan fingerprint density at radius 2 is 1.89 bits per heavy atom. The van der Waals surface area contributed by atoms with Crippen molar-refractivity contribution >= 4 is 32.9 Å². The lowest BCUT2D eigenvalue weighted by molar-refractivity contribution is 0.169. The molecule has 28 heavy (non-hydrogen) atoms. The van der Waals surface area contributed by atoms with E-state index in [9.17, 15) is 4.79 Å². The molecule has 0 atom stereocenters. The van der Waals surface area contributed by atoms with E-state index in [2.05, 4.69) is 28.1 Å².